The number of nitrogens with one attached hydrogen (secondary N) is 1. The molecule has 1 aromatic heterocycles. The van der Waals surface area contributed by atoms with Crippen LogP contribution in [0, 0.1) is 0 Å². The van der Waals surface area contributed by atoms with Gasteiger partial charge in [0.05, 0.1) is 13.0 Å². The molecule has 1 saturated heterocycles. The molecule has 1 aromatic carbocycles. The number of pyridine rings is 1. The zero-order valence-electron chi connectivity index (χ0n) is 15.1. The molecule has 0 saturated carbocycles. The molecule has 0 bridgehead atoms. The Labute approximate surface area is 158 Å². The van der Waals surface area contributed by atoms with Crippen molar-refractivity contribution < 1.29 is 14.7 Å². The van der Waals surface area contributed by atoms with E-state index >= 15 is 0 Å². The highest BCUT2D eigenvalue weighted by Gasteiger charge is 2.28. The fraction of sp³-hybridized carbons (Fsp3) is 0.350. The number of anilines is 1. The minimum atomic E-state index is -0.914. The molecule has 0 aliphatic carbocycles. The molecule has 0 spiro atoms. The van der Waals surface area contributed by atoms with E-state index in [2.05, 4.69) is 15.2 Å². The van der Waals surface area contributed by atoms with Gasteiger partial charge in [-0.15, -0.1) is 0 Å². The molecular formula is C20H24N4O3. The Kier molecular flexibility index (Phi) is 6.38. The molecule has 1 atom stereocenters. The maximum absolute atomic E-state index is 12.7. The van der Waals surface area contributed by atoms with Crippen LogP contribution in [0.4, 0.5) is 5.69 Å². The van der Waals surface area contributed by atoms with Gasteiger partial charge in [0.1, 0.15) is 6.04 Å². The lowest BCUT2D eigenvalue weighted by Gasteiger charge is -2.37. The molecule has 7 heteroatoms. The first-order valence-electron chi connectivity index (χ1n) is 9.05. The number of rotatable bonds is 6. The van der Waals surface area contributed by atoms with Crippen molar-refractivity contribution in [3.05, 3.63) is 60.4 Å². The van der Waals surface area contributed by atoms with E-state index < -0.39 is 12.6 Å². The maximum Gasteiger partial charge on any atom is 0.247 e. The number of hydrogen-bond donors (Lipinski definition) is 2. The van der Waals surface area contributed by atoms with Gasteiger partial charge in [-0.1, -0.05) is 18.2 Å². The number of para-hydroxylation sites is 1. The van der Waals surface area contributed by atoms with Crippen molar-refractivity contribution >= 4 is 17.5 Å². The Bertz CT molecular complexity index is 746. The van der Waals surface area contributed by atoms with Crippen molar-refractivity contribution in [2.24, 2.45) is 0 Å². The zero-order valence-corrected chi connectivity index (χ0v) is 15.1. The predicted octanol–water partition coefficient (Wildman–Crippen LogP) is 0.450. The molecule has 2 amide bonds. The van der Waals surface area contributed by atoms with E-state index in [1.165, 1.54) is 0 Å². The number of aliphatic hydroxyl groups excluding tert-OH is 1. The van der Waals surface area contributed by atoms with Crippen LogP contribution in [0.1, 0.15) is 5.56 Å². The molecule has 0 radical (unpaired) electrons. The number of carbonyl (C=O) groups is 2. The number of benzene rings is 1. The van der Waals surface area contributed by atoms with Gasteiger partial charge in [0.2, 0.25) is 11.8 Å². The van der Waals surface area contributed by atoms with Crippen LogP contribution in [0.3, 0.4) is 0 Å². The molecule has 1 aliphatic heterocycles. The van der Waals surface area contributed by atoms with Gasteiger partial charge >= 0.3 is 0 Å². The Morgan fingerprint density at radius 2 is 1.70 bits per heavy atom. The second-order valence-corrected chi connectivity index (χ2v) is 6.48. The summed E-state index contributed by atoms with van der Waals surface area (Å²) in [7, 11) is 0. The number of carbonyl (C=O) groups excluding carboxylic acids is 2. The van der Waals surface area contributed by atoms with E-state index in [1.807, 2.05) is 30.3 Å². The van der Waals surface area contributed by atoms with E-state index in [9.17, 15) is 14.7 Å². The van der Waals surface area contributed by atoms with Crippen LogP contribution in [0.2, 0.25) is 0 Å². The second kappa shape index (κ2) is 9.14. The zero-order chi connectivity index (χ0) is 19.1. The monoisotopic (exact) mass is 368 g/mol. The Morgan fingerprint density at radius 1 is 1.04 bits per heavy atom. The fourth-order valence-electron chi connectivity index (χ4n) is 3.16. The average Bonchev–Trinajstić information content (AvgIpc) is 2.73. The molecule has 7 nitrogen and oxygen atoms in total. The molecule has 27 heavy (non-hydrogen) atoms. The van der Waals surface area contributed by atoms with Crippen LogP contribution >= 0.6 is 0 Å². The number of piperazine rings is 1. The second-order valence-electron chi connectivity index (χ2n) is 6.48. The lowest BCUT2D eigenvalue weighted by molar-refractivity contribution is -0.137. The number of nitrogens with zero attached hydrogens (tertiary/aromatic N) is 3. The summed E-state index contributed by atoms with van der Waals surface area (Å²) in [4.78, 5) is 32.7. The van der Waals surface area contributed by atoms with E-state index in [1.54, 1.807) is 29.4 Å². The molecule has 2 heterocycles. The van der Waals surface area contributed by atoms with Crippen LogP contribution < -0.4 is 10.2 Å². The van der Waals surface area contributed by atoms with E-state index in [4.69, 9.17) is 0 Å². The van der Waals surface area contributed by atoms with Gasteiger partial charge in [-0.3, -0.25) is 14.6 Å². The molecular weight excluding hydrogens is 344 g/mol. The first kappa shape index (κ1) is 18.8. The van der Waals surface area contributed by atoms with Crippen molar-refractivity contribution in [1.82, 2.24) is 15.2 Å². The Hall–Kier alpha value is -2.93. The van der Waals surface area contributed by atoms with Crippen molar-refractivity contribution in [2.45, 2.75) is 12.5 Å². The number of amides is 2. The smallest absolute Gasteiger partial charge is 0.247 e. The highest BCUT2D eigenvalue weighted by molar-refractivity contribution is 5.88. The molecule has 142 valence electrons. The summed E-state index contributed by atoms with van der Waals surface area (Å²) in [5, 5.41) is 12.2. The molecule has 1 fully saturated rings. The van der Waals surface area contributed by atoms with Gasteiger partial charge in [-0.25, -0.2) is 0 Å². The van der Waals surface area contributed by atoms with Crippen molar-refractivity contribution in [3.63, 3.8) is 0 Å². The topological polar surface area (TPSA) is 85.8 Å². The SMILES string of the molecule is O=C(Cc1ccncc1)NC(CO)C(=O)N1CCN(c2ccccc2)CC1. The number of aliphatic hydroxyl groups is 1. The Morgan fingerprint density at radius 3 is 2.33 bits per heavy atom. The summed E-state index contributed by atoms with van der Waals surface area (Å²) in [6.45, 7) is 2.15. The minimum absolute atomic E-state index is 0.147. The van der Waals surface area contributed by atoms with Crippen molar-refractivity contribution in [2.75, 3.05) is 37.7 Å². The third-order valence-electron chi connectivity index (χ3n) is 4.64. The molecule has 2 N–H and O–H groups in total. The average molecular weight is 368 g/mol. The third-order valence-corrected chi connectivity index (χ3v) is 4.64. The van der Waals surface area contributed by atoms with Crippen molar-refractivity contribution in [3.8, 4) is 0 Å². The molecule has 1 unspecified atom stereocenters. The third kappa shape index (κ3) is 5.04. The molecule has 1 aliphatic rings. The van der Waals surface area contributed by atoms with Crippen LogP contribution in [-0.2, 0) is 16.0 Å². The van der Waals surface area contributed by atoms with E-state index in [0.717, 1.165) is 24.3 Å². The molecule has 3 rings (SSSR count). The number of aromatic nitrogens is 1. The van der Waals surface area contributed by atoms with Gasteiger partial charge in [-0.2, -0.15) is 0 Å². The quantitative estimate of drug-likeness (QED) is 0.773. The lowest BCUT2D eigenvalue weighted by Crippen LogP contribution is -2.56. The van der Waals surface area contributed by atoms with E-state index in [-0.39, 0.29) is 18.2 Å². The fourth-order valence-corrected chi connectivity index (χ4v) is 3.16. The predicted molar refractivity (Wildman–Crippen MR) is 102 cm³/mol. The summed E-state index contributed by atoms with van der Waals surface area (Å²) in [6, 6.07) is 12.6. The summed E-state index contributed by atoms with van der Waals surface area (Å²) in [5.74, 6) is -0.537. The summed E-state index contributed by atoms with van der Waals surface area (Å²) >= 11 is 0. The van der Waals surface area contributed by atoms with Gasteiger partial charge in [0.15, 0.2) is 0 Å². The largest absolute Gasteiger partial charge is 0.394 e. The standard InChI is InChI=1S/C20H24N4O3/c25-15-18(22-19(26)14-16-6-8-21-9-7-16)20(27)24-12-10-23(11-13-24)17-4-2-1-3-5-17/h1-9,18,25H,10-15H2,(H,22,26). The summed E-state index contributed by atoms with van der Waals surface area (Å²) < 4.78 is 0. The molecule has 2 aromatic rings. The van der Waals surface area contributed by atoms with Gasteiger partial charge in [0, 0.05) is 44.3 Å². The van der Waals surface area contributed by atoms with Crippen molar-refractivity contribution in [1.29, 1.82) is 0 Å². The highest BCUT2D eigenvalue weighted by atomic mass is 16.3. The lowest BCUT2D eigenvalue weighted by atomic mass is 10.1. The summed E-state index contributed by atoms with van der Waals surface area (Å²) in [5.41, 5.74) is 1.94. The minimum Gasteiger partial charge on any atom is -0.394 e. The van der Waals surface area contributed by atoms with Crippen LogP contribution in [-0.4, -0.2) is 65.6 Å². The van der Waals surface area contributed by atoms with Gasteiger partial charge < -0.3 is 20.2 Å². The van der Waals surface area contributed by atoms with Crippen LogP contribution in [0.15, 0.2) is 54.9 Å². The normalized spacial score (nSPS) is 15.3. The highest BCUT2D eigenvalue weighted by Crippen LogP contribution is 2.16. The first-order chi connectivity index (χ1) is 13.2. The van der Waals surface area contributed by atoms with Gasteiger partial charge in [0.25, 0.3) is 0 Å². The van der Waals surface area contributed by atoms with Gasteiger partial charge in [-0.05, 0) is 29.8 Å². The number of hydrogen-bond acceptors (Lipinski definition) is 5. The Balaban J connectivity index is 1.52. The first-order valence-corrected chi connectivity index (χ1v) is 9.05. The van der Waals surface area contributed by atoms with Crippen LogP contribution in [0.25, 0.3) is 0 Å². The summed E-state index contributed by atoms with van der Waals surface area (Å²) in [6.07, 6.45) is 3.38. The maximum atomic E-state index is 12.7. The van der Waals surface area contributed by atoms with Crippen LogP contribution in [0.5, 0.6) is 0 Å². The van der Waals surface area contributed by atoms with E-state index in [0.29, 0.717) is 13.1 Å².